The Balaban J connectivity index is 1.34. The lowest BCUT2D eigenvalue weighted by Crippen LogP contribution is -2.48. The molecule has 3 heterocycles. The Hall–Kier alpha value is -2.29. The van der Waals surface area contributed by atoms with Crippen molar-refractivity contribution in [2.45, 2.75) is 11.6 Å². The van der Waals surface area contributed by atoms with Gasteiger partial charge in [-0.2, -0.15) is 0 Å². The number of amides is 1. The Kier molecular flexibility index (Phi) is 6.22. The molecule has 1 aliphatic rings. The first kappa shape index (κ1) is 20.0. The number of aromatic nitrogens is 2. The summed E-state index contributed by atoms with van der Waals surface area (Å²) in [7, 11) is 0. The maximum atomic E-state index is 13.1. The zero-order valence-electron chi connectivity index (χ0n) is 16.0. The van der Waals surface area contributed by atoms with Gasteiger partial charge in [-0.1, -0.05) is 0 Å². The molecule has 0 atom stereocenters. The fourth-order valence-electron chi connectivity index (χ4n) is 3.33. The van der Waals surface area contributed by atoms with Gasteiger partial charge >= 0.3 is 0 Å². The predicted octanol–water partition coefficient (Wildman–Crippen LogP) is 4.02. The number of carbonyl (C=O) groups excluding carboxylic acids is 1. The number of hydrogen-bond donors (Lipinski definition) is 0. The van der Waals surface area contributed by atoms with Crippen LogP contribution in [0.1, 0.15) is 16.1 Å². The van der Waals surface area contributed by atoms with Crippen molar-refractivity contribution in [1.82, 2.24) is 19.8 Å². The molecule has 150 valence electrons. The average Bonchev–Trinajstić information content (AvgIpc) is 3.22. The van der Waals surface area contributed by atoms with E-state index in [0.717, 1.165) is 40.9 Å². The molecule has 0 aliphatic carbocycles. The number of pyridine rings is 1. The number of halogens is 1. The van der Waals surface area contributed by atoms with Gasteiger partial charge in [0.25, 0.3) is 5.91 Å². The summed E-state index contributed by atoms with van der Waals surface area (Å²) in [5.41, 5.74) is 2.61. The first-order chi connectivity index (χ1) is 14.1. The summed E-state index contributed by atoms with van der Waals surface area (Å²) in [5, 5.41) is 3.72. The SMILES string of the molecule is CSc1ncccc1C(=O)N1CCN(Cc2csc(-c3ccc(F)cc3)n2)CC1. The highest BCUT2D eigenvalue weighted by Crippen LogP contribution is 2.25. The second-order valence-corrected chi connectivity index (χ2v) is 8.43. The van der Waals surface area contributed by atoms with Gasteiger partial charge in [-0.3, -0.25) is 9.69 Å². The summed E-state index contributed by atoms with van der Waals surface area (Å²) in [6, 6.07) is 10.1. The highest BCUT2D eigenvalue weighted by molar-refractivity contribution is 7.98. The fourth-order valence-corrected chi connectivity index (χ4v) is 4.69. The summed E-state index contributed by atoms with van der Waals surface area (Å²) in [6.45, 7) is 3.75. The Bertz CT molecular complexity index is 984. The van der Waals surface area contributed by atoms with Crippen molar-refractivity contribution < 1.29 is 9.18 Å². The molecule has 1 aliphatic heterocycles. The molecule has 0 N–H and O–H groups in total. The fraction of sp³-hybridized carbons (Fsp3) is 0.286. The molecule has 1 saturated heterocycles. The lowest BCUT2D eigenvalue weighted by molar-refractivity contribution is 0.0623. The van der Waals surface area contributed by atoms with E-state index in [2.05, 4.69) is 15.3 Å². The van der Waals surface area contributed by atoms with Crippen molar-refractivity contribution in [2.75, 3.05) is 32.4 Å². The van der Waals surface area contributed by atoms with Gasteiger partial charge in [0, 0.05) is 49.9 Å². The summed E-state index contributed by atoms with van der Waals surface area (Å²) in [5.74, 6) is -0.191. The number of hydrogen-bond acceptors (Lipinski definition) is 6. The summed E-state index contributed by atoms with van der Waals surface area (Å²) in [4.78, 5) is 26.0. The Morgan fingerprint density at radius 2 is 1.93 bits per heavy atom. The van der Waals surface area contributed by atoms with E-state index in [9.17, 15) is 9.18 Å². The van der Waals surface area contributed by atoms with Crippen LogP contribution in [-0.2, 0) is 6.54 Å². The van der Waals surface area contributed by atoms with E-state index in [1.807, 2.05) is 23.3 Å². The molecule has 3 aromatic rings. The zero-order chi connectivity index (χ0) is 20.2. The zero-order valence-corrected chi connectivity index (χ0v) is 17.7. The Labute approximate surface area is 177 Å². The molecular formula is C21H21FN4OS2. The highest BCUT2D eigenvalue weighted by atomic mass is 32.2. The van der Waals surface area contributed by atoms with Crippen molar-refractivity contribution in [1.29, 1.82) is 0 Å². The second-order valence-electron chi connectivity index (χ2n) is 6.78. The summed E-state index contributed by atoms with van der Waals surface area (Å²) < 4.78 is 13.1. The van der Waals surface area contributed by atoms with Gasteiger partial charge in [0.2, 0.25) is 0 Å². The molecule has 0 radical (unpaired) electrons. The summed E-state index contributed by atoms with van der Waals surface area (Å²) >= 11 is 3.06. The highest BCUT2D eigenvalue weighted by Gasteiger charge is 2.24. The van der Waals surface area contributed by atoms with Gasteiger partial charge in [-0.05, 0) is 42.7 Å². The summed E-state index contributed by atoms with van der Waals surface area (Å²) in [6.07, 6.45) is 3.65. The third-order valence-corrected chi connectivity index (χ3v) is 6.54. The number of rotatable bonds is 5. The van der Waals surface area contributed by atoms with E-state index in [1.54, 1.807) is 29.7 Å². The van der Waals surface area contributed by atoms with Crippen LogP contribution in [0.5, 0.6) is 0 Å². The molecule has 2 aromatic heterocycles. The topological polar surface area (TPSA) is 49.3 Å². The maximum absolute atomic E-state index is 13.1. The quantitative estimate of drug-likeness (QED) is 0.575. The van der Waals surface area contributed by atoms with Crippen LogP contribution in [0.2, 0.25) is 0 Å². The van der Waals surface area contributed by atoms with E-state index in [1.165, 1.54) is 23.9 Å². The number of benzene rings is 1. The molecular weight excluding hydrogens is 407 g/mol. The normalized spacial score (nSPS) is 14.9. The van der Waals surface area contributed by atoms with E-state index >= 15 is 0 Å². The third kappa shape index (κ3) is 4.66. The van der Waals surface area contributed by atoms with Crippen molar-refractivity contribution in [3.63, 3.8) is 0 Å². The van der Waals surface area contributed by atoms with Gasteiger partial charge < -0.3 is 4.90 Å². The first-order valence-corrected chi connectivity index (χ1v) is 11.5. The molecule has 8 heteroatoms. The van der Waals surface area contributed by atoms with Gasteiger partial charge in [0.15, 0.2) is 0 Å². The van der Waals surface area contributed by atoms with Gasteiger partial charge in [0.1, 0.15) is 15.9 Å². The van der Waals surface area contributed by atoms with Crippen molar-refractivity contribution in [2.24, 2.45) is 0 Å². The Morgan fingerprint density at radius 3 is 2.66 bits per heavy atom. The van der Waals surface area contributed by atoms with Crippen LogP contribution in [0.15, 0.2) is 53.0 Å². The number of thiazole rings is 1. The number of nitrogens with zero attached hydrogens (tertiary/aromatic N) is 4. The monoisotopic (exact) mass is 428 g/mol. The standard InChI is InChI=1S/C21H21FN4OS2/c1-28-20-18(3-2-8-23-20)21(27)26-11-9-25(10-12-26)13-17-14-29-19(24-17)15-4-6-16(22)7-5-15/h2-8,14H,9-13H2,1H3. The minimum absolute atomic E-state index is 0.0503. The minimum atomic E-state index is -0.242. The van der Waals surface area contributed by atoms with E-state index < -0.39 is 0 Å². The van der Waals surface area contributed by atoms with Crippen LogP contribution in [0, 0.1) is 5.82 Å². The van der Waals surface area contributed by atoms with Crippen LogP contribution in [-0.4, -0.2) is 58.1 Å². The molecule has 29 heavy (non-hydrogen) atoms. The lowest BCUT2D eigenvalue weighted by Gasteiger charge is -2.34. The van der Waals surface area contributed by atoms with Crippen molar-refractivity contribution in [3.05, 3.63) is 65.0 Å². The van der Waals surface area contributed by atoms with Crippen LogP contribution in [0.25, 0.3) is 10.6 Å². The van der Waals surface area contributed by atoms with Gasteiger partial charge in [-0.15, -0.1) is 23.1 Å². The second kappa shape index (κ2) is 9.02. The predicted molar refractivity (Wildman–Crippen MR) is 115 cm³/mol. The molecule has 0 unspecified atom stereocenters. The molecule has 1 fully saturated rings. The lowest BCUT2D eigenvalue weighted by atomic mass is 10.2. The maximum Gasteiger partial charge on any atom is 0.256 e. The third-order valence-electron chi connectivity index (χ3n) is 4.88. The minimum Gasteiger partial charge on any atom is -0.336 e. The number of carbonyl (C=O) groups is 1. The van der Waals surface area contributed by atoms with Crippen LogP contribution >= 0.6 is 23.1 Å². The van der Waals surface area contributed by atoms with Crippen LogP contribution in [0.4, 0.5) is 4.39 Å². The van der Waals surface area contributed by atoms with Crippen LogP contribution < -0.4 is 0 Å². The van der Waals surface area contributed by atoms with E-state index in [0.29, 0.717) is 18.7 Å². The molecule has 0 bridgehead atoms. The number of thioether (sulfide) groups is 1. The smallest absolute Gasteiger partial charge is 0.256 e. The number of piperazine rings is 1. The van der Waals surface area contributed by atoms with Gasteiger partial charge in [0.05, 0.1) is 11.3 Å². The van der Waals surface area contributed by atoms with E-state index in [4.69, 9.17) is 4.98 Å². The molecule has 5 nitrogen and oxygen atoms in total. The van der Waals surface area contributed by atoms with Crippen molar-refractivity contribution in [3.8, 4) is 10.6 Å². The Morgan fingerprint density at radius 1 is 1.17 bits per heavy atom. The molecule has 1 amide bonds. The average molecular weight is 429 g/mol. The molecule has 0 saturated carbocycles. The molecule has 1 aromatic carbocycles. The molecule has 4 rings (SSSR count). The molecule has 0 spiro atoms. The largest absolute Gasteiger partial charge is 0.336 e. The van der Waals surface area contributed by atoms with Gasteiger partial charge in [-0.25, -0.2) is 14.4 Å². The van der Waals surface area contributed by atoms with Crippen LogP contribution in [0.3, 0.4) is 0 Å². The van der Waals surface area contributed by atoms with E-state index in [-0.39, 0.29) is 11.7 Å². The first-order valence-electron chi connectivity index (χ1n) is 9.35. The van der Waals surface area contributed by atoms with Crippen molar-refractivity contribution >= 4 is 29.0 Å².